The normalized spacial score (nSPS) is 17.7. The summed E-state index contributed by atoms with van der Waals surface area (Å²) in [5.74, 6) is 0.0550. The third-order valence-corrected chi connectivity index (χ3v) is 5.75. The number of nitrogens with zero attached hydrogens (tertiary/aromatic N) is 2. The fraction of sp³-hybridized carbons (Fsp3) is 0.417. The highest BCUT2D eigenvalue weighted by molar-refractivity contribution is 5.96. The van der Waals surface area contributed by atoms with Crippen LogP contribution in [0.25, 0.3) is 0 Å². The number of nitrogens with one attached hydrogen (secondary N) is 1. The van der Waals surface area contributed by atoms with E-state index in [4.69, 9.17) is 4.74 Å². The van der Waals surface area contributed by atoms with Crippen molar-refractivity contribution in [3.8, 4) is 0 Å². The predicted octanol–water partition coefficient (Wildman–Crippen LogP) is 2.97. The molecule has 0 spiro atoms. The zero-order valence-electron chi connectivity index (χ0n) is 17.3. The molecule has 158 valence electrons. The van der Waals surface area contributed by atoms with Crippen LogP contribution >= 0.6 is 0 Å². The molecule has 2 heterocycles. The van der Waals surface area contributed by atoms with Crippen LogP contribution in [0.4, 0.5) is 5.69 Å². The van der Waals surface area contributed by atoms with Gasteiger partial charge in [0.2, 0.25) is 5.91 Å². The molecule has 6 heteroatoms. The lowest BCUT2D eigenvalue weighted by Crippen LogP contribution is -2.35. The summed E-state index contributed by atoms with van der Waals surface area (Å²) in [7, 11) is 0. The summed E-state index contributed by atoms with van der Waals surface area (Å²) < 4.78 is 5.39. The van der Waals surface area contributed by atoms with Gasteiger partial charge in [0.25, 0.3) is 5.91 Å². The minimum Gasteiger partial charge on any atom is -0.379 e. The second-order valence-electron chi connectivity index (χ2n) is 7.94. The Bertz CT molecular complexity index is 858. The molecular formula is C24H29N3O3. The van der Waals surface area contributed by atoms with Gasteiger partial charge in [-0.15, -0.1) is 0 Å². The standard InChI is InChI=1S/C24H29N3O3/c28-23-3-1-2-12-27(23)22-10-8-21(9-11-22)24(29)25-17-19-4-6-20(7-5-19)18-26-13-15-30-16-14-26/h4-11H,1-3,12-18H2,(H,25,29). The summed E-state index contributed by atoms with van der Waals surface area (Å²) in [6.07, 6.45) is 2.59. The van der Waals surface area contributed by atoms with E-state index in [0.717, 1.165) is 63.5 Å². The molecule has 2 aliphatic heterocycles. The van der Waals surface area contributed by atoms with Crippen LogP contribution in [-0.2, 0) is 22.6 Å². The molecule has 2 amide bonds. The first-order chi connectivity index (χ1) is 14.7. The Morgan fingerprint density at radius 1 is 0.900 bits per heavy atom. The Balaban J connectivity index is 1.28. The maximum atomic E-state index is 12.5. The molecule has 30 heavy (non-hydrogen) atoms. The van der Waals surface area contributed by atoms with Crippen molar-refractivity contribution in [2.75, 3.05) is 37.7 Å². The zero-order valence-corrected chi connectivity index (χ0v) is 17.3. The van der Waals surface area contributed by atoms with Crippen molar-refractivity contribution >= 4 is 17.5 Å². The van der Waals surface area contributed by atoms with E-state index in [2.05, 4.69) is 34.5 Å². The Morgan fingerprint density at radius 3 is 2.30 bits per heavy atom. The molecule has 2 aromatic carbocycles. The number of rotatable bonds is 6. The van der Waals surface area contributed by atoms with E-state index >= 15 is 0 Å². The van der Waals surface area contributed by atoms with E-state index in [1.165, 1.54) is 5.56 Å². The SMILES string of the molecule is O=C(NCc1ccc(CN2CCOCC2)cc1)c1ccc(N2CCCCC2=O)cc1. The van der Waals surface area contributed by atoms with Crippen molar-refractivity contribution < 1.29 is 14.3 Å². The molecule has 0 saturated carbocycles. The minimum absolute atomic E-state index is 0.107. The van der Waals surface area contributed by atoms with Gasteiger partial charge in [0.15, 0.2) is 0 Å². The molecule has 6 nitrogen and oxygen atoms in total. The number of carbonyl (C=O) groups is 2. The van der Waals surface area contributed by atoms with Gasteiger partial charge in [-0.2, -0.15) is 0 Å². The lowest BCUT2D eigenvalue weighted by molar-refractivity contribution is -0.119. The van der Waals surface area contributed by atoms with Crippen LogP contribution < -0.4 is 10.2 Å². The number of amides is 2. The van der Waals surface area contributed by atoms with Crippen molar-refractivity contribution in [1.82, 2.24) is 10.2 Å². The molecule has 0 aliphatic carbocycles. The van der Waals surface area contributed by atoms with Crippen molar-refractivity contribution in [2.24, 2.45) is 0 Å². The molecule has 0 unspecified atom stereocenters. The highest BCUT2D eigenvalue weighted by Gasteiger charge is 2.19. The number of benzene rings is 2. The molecule has 0 radical (unpaired) electrons. The molecule has 2 aliphatic rings. The van der Waals surface area contributed by atoms with Gasteiger partial charge in [0, 0.05) is 50.4 Å². The van der Waals surface area contributed by atoms with Gasteiger partial charge in [0.05, 0.1) is 13.2 Å². The summed E-state index contributed by atoms with van der Waals surface area (Å²) in [6, 6.07) is 15.7. The summed E-state index contributed by atoms with van der Waals surface area (Å²) in [5, 5.41) is 2.98. The third-order valence-electron chi connectivity index (χ3n) is 5.75. The van der Waals surface area contributed by atoms with Crippen LogP contribution in [0.3, 0.4) is 0 Å². The quantitative estimate of drug-likeness (QED) is 0.800. The van der Waals surface area contributed by atoms with Crippen LogP contribution in [0, 0.1) is 0 Å². The summed E-state index contributed by atoms with van der Waals surface area (Å²) >= 11 is 0. The molecule has 2 aromatic rings. The van der Waals surface area contributed by atoms with Crippen molar-refractivity contribution in [3.63, 3.8) is 0 Å². The van der Waals surface area contributed by atoms with Gasteiger partial charge in [0.1, 0.15) is 0 Å². The number of piperidine rings is 1. The van der Waals surface area contributed by atoms with E-state index in [1.54, 1.807) is 12.1 Å². The average Bonchev–Trinajstić information content (AvgIpc) is 2.80. The second-order valence-corrected chi connectivity index (χ2v) is 7.94. The monoisotopic (exact) mass is 407 g/mol. The smallest absolute Gasteiger partial charge is 0.251 e. The van der Waals surface area contributed by atoms with Crippen molar-refractivity contribution in [2.45, 2.75) is 32.4 Å². The number of anilines is 1. The van der Waals surface area contributed by atoms with Gasteiger partial charge in [-0.05, 0) is 48.2 Å². The van der Waals surface area contributed by atoms with E-state index in [9.17, 15) is 9.59 Å². The molecule has 2 fully saturated rings. The first kappa shape index (κ1) is 20.6. The molecule has 0 bridgehead atoms. The molecule has 2 saturated heterocycles. The maximum Gasteiger partial charge on any atom is 0.251 e. The molecule has 4 rings (SSSR count). The van der Waals surface area contributed by atoms with E-state index in [1.807, 2.05) is 17.0 Å². The van der Waals surface area contributed by atoms with Crippen LogP contribution in [0.2, 0.25) is 0 Å². The first-order valence-electron chi connectivity index (χ1n) is 10.8. The summed E-state index contributed by atoms with van der Waals surface area (Å²) in [6.45, 7) is 5.74. The number of morpholine rings is 1. The molecule has 1 N–H and O–H groups in total. The van der Waals surface area contributed by atoms with Crippen LogP contribution in [-0.4, -0.2) is 49.6 Å². The van der Waals surface area contributed by atoms with E-state index < -0.39 is 0 Å². The highest BCUT2D eigenvalue weighted by atomic mass is 16.5. The Hall–Kier alpha value is -2.70. The summed E-state index contributed by atoms with van der Waals surface area (Å²) in [4.78, 5) is 28.7. The highest BCUT2D eigenvalue weighted by Crippen LogP contribution is 2.21. The molecule has 0 atom stereocenters. The third kappa shape index (κ3) is 5.26. The van der Waals surface area contributed by atoms with E-state index in [0.29, 0.717) is 18.5 Å². The van der Waals surface area contributed by atoms with Crippen LogP contribution in [0.15, 0.2) is 48.5 Å². The minimum atomic E-state index is -0.107. The predicted molar refractivity (Wildman–Crippen MR) is 116 cm³/mol. The Morgan fingerprint density at radius 2 is 1.60 bits per heavy atom. The maximum absolute atomic E-state index is 12.5. The number of hydrogen-bond acceptors (Lipinski definition) is 4. The van der Waals surface area contributed by atoms with Gasteiger partial charge in [-0.25, -0.2) is 0 Å². The average molecular weight is 408 g/mol. The fourth-order valence-corrected chi connectivity index (χ4v) is 3.94. The summed E-state index contributed by atoms with van der Waals surface area (Å²) in [5.41, 5.74) is 3.82. The Kier molecular flexibility index (Phi) is 6.77. The second kappa shape index (κ2) is 9.87. The van der Waals surface area contributed by atoms with Gasteiger partial charge in [-0.3, -0.25) is 14.5 Å². The lowest BCUT2D eigenvalue weighted by Gasteiger charge is -2.26. The fourth-order valence-electron chi connectivity index (χ4n) is 3.94. The number of ether oxygens (including phenoxy) is 1. The van der Waals surface area contributed by atoms with Gasteiger partial charge < -0.3 is 15.0 Å². The topological polar surface area (TPSA) is 61.9 Å². The number of carbonyl (C=O) groups excluding carboxylic acids is 2. The van der Waals surface area contributed by atoms with Gasteiger partial charge >= 0.3 is 0 Å². The van der Waals surface area contributed by atoms with Gasteiger partial charge in [-0.1, -0.05) is 24.3 Å². The van der Waals surface area contributed by atoms with E-state index in [-0.39, 0.29) is 11.8 Å². The number of hydrogen-bond donors (Lipinski definition) is 1. The first-order valence-corrected chi connectivity index (χ1v) is 10.8. The largest absolute Gasteiger partial charge is 0.379 e. The zero-order chi connectivity index (χ0) is 20.8. The van der Waals surface area contributed by atoms with Crippen LogP contribution in [0.5, 0.6) is 0 Å². The molecule has 0 aromatic heterocycles. The van der Waals surface area contributed by atoms with Crippen LogP contribution in [0.1, 0.15) is 40.7 Å². The van der Waals surface area contributed by atoms with Crippen molar-refractivity contribution in [3.05, 3.63) is 65.2 Å². The lowest BCUT2D eigenvalue weighted by atomic mass is 10.1. The Labute approximate surface area is 177 Å². The molecular weight excluding hydrogens is 378 g/mol. The van der Waals surface area contributed by atoms with Crippen molar-refractivity contribution in [1.29, 1.82) is 0 Å².